The number of methoxy groups -OCH3 is 1. The molecule has 3 aliphatic rings. The predicted octanol–water partition coefficient (Wildman–Crippen LogP) is 0.804. The molecule has 1 aliphatic carbocycles. The van der Waals surface area contributed by atoms with Crippen LogP contribution in [0.1, 0.15) is 38.5 Å². The number of nitrogens with one attached hydrogen (secondary N) is 1. The van der Waals surface area contributed by atoms with Crippen molar-refractivity contribution in [2.24, 2.45) is 22.7 Å². The first-order valence-electron chi connectivity index (χ1n) is 8.65. The zero-order valence-corrected chi connectivity index (χ0v) is 13.7. The van der Waals surface area contributed by atoms with Gasteiger partial charge in [-0.2, -0.15) is 0 Å². The lowest BCUT2D eigenvalue weighted by atomic mass is 9.77. The van der Waals surface area contributed by atoms with Crippen molar-refractivity contribution in [3.05, 3.63) is 0 Å². The maximum absolute atomic E-state index is 10.5. The second-order valence-electron chi connectivity index (χ2n) is 6.81. The topological polar surface area (TPSA) is 92.5 Å². The van der Waals surface area contributed by atoms with Crippen LogP contribution in [-0.4, -0.2) is 55.3 Å². The summed E-state index contributed by atoms with van der Waals surface area (Å²) in [5, 5.41) is 23.4. The van der Waals surface area contributed by atoms with Gasteiger partial charge in [-0.05, 0) is 18.3 Å². The van der Waals surface area contributed by atoms with Crippen LogP contribution in [-0.2, 0) is 14.2 Å². The van der Waals surface area contributed by atoms with Crippen LogP contribution in [0.25, 0.3) is 0 Å². The van der Waals surface area contributed by atoms with Crippen LogP contribution >= 0.6 is 0 Å². The lowest BCUT2D eigenvalue weighted by Gasteiger charge is -2.44. The highest BCUT2D eigenvalue weighted by Crippen LogP contribution is 2.41. The van der Waals surface area contributed by atoms with Gasteiger partial charge in [0.25, 0.3) is 6.02 Å². The number of rotatable bonds is 5. The minimum absolute atomic E-state index is 0.145. The van der Waals surface area contributed by atoms with Crippen LogP contribution in [0.2, 0.25) is 0 Å². The second-order valence-corrected chi connectivity index (χ2v) is 6.81. The van der Waals surface area contributed by atoms with E-state index >= 15 is 0 Å². The summed E-state index contributed by atoms with van der Waals surface area (Å²) in [5.74, 6) is 0.758. The van der Waals surface area contributed by atoms with Gasteiger partial charge in [0.1, 0.15) is 12.8 Å². The molecule has 2 heterocycles. The molecule has 1 saturated heterocycles. The van der Waals surface area contributed by atoms with Gasteiger partial charge < -0.3 is 29.7 Å². The first-order valence-corrected chi connectivity index (χ1v) is 8.65. The highest BCUT2D eigenvalue weighted by atomic mass is 16.6. The van der Waals surface area contributed by atoms with E-state index in [1.807, 2.05) is 0 Å². The molecule has 1 saturated carbocycles. The van der Waals surface area contributed by atoms with Crippen LogP contribution in [0.5, 0.6) is 0 Å². The molecular formula is C16H28N2O5. The summed E-state index contributed by atoms with van der Waals surface area (Å²) < 4.78 is 15.9. The number of aliphatic imine (C=N–C) groups is 1. The lowest BCUT2D eigenvalue weighted by Crippen LogP contribution is -2.57. The van der Waals surface area contributed by atoms with Crippen molar-refractivity contribution < 1.29 is 24.4 Å². The van der Waals surface area contributed by atoms with Gasteiger partial charge in [-0.3, -0.25) is 0 Å². The van der Waals surface area contributed by atoms with Crippen LogP contribution in [0, 0.1) is 17.8 Å². The molecule has 2 fully saturated rings. The molecule has 3 N–H and O–H groups in total. The largest absolute Gasteiger partial charge is 0.463 e. The second kappa shape index (κ2) is 7.79. The Labute approximate surface area is 137 Å². The van der Waals surface area contributed by atoms with Gasteiger partial charge in [-0.25, -0.2) is 4.99 Å². The normalized spacial score (nSPS) is 37.9. The van der Waals surface area contributed by atoms with E-state index in [4.69, 9.17) is 14.2 Å². The highest BCUT2D eigenvalue weighted by Gasteiger charge is 2.46. The van der Waals surface area contributed by atoms with E-state index in [0.717, 1.165) is 6.42 Å². The van der Waals surface area contributed by atoms with Gasteiger partial charge in [0, 0.05) is 13.5 Å². The molecule has 5 unspecified atom stereocenters. The zero-order valence-electron chi connectivity index (χ0n) is 13.7. The molecule has 7 nitrogen and oxygen atoms in total. The van der Waals surface area contributed by atoms with Crippen molar-refractivity contribution in [3.63, 3.8) is 0 Å². The number of hydrogen-bond acceptors (Lipinski definition) is 7. The molecule has 132 valence electrons. The Morgan fingerprint density at radius 2 is 2.04 bits per heavy atom. The van der Waals surface area contributed by atoms with Gasteiger partial charge in [-0.15, -0.1) is 0 Å². The highest BCUT2D eigenvalue weighted by molar-refractivity contribution is 5.74. The van der Waals surface area contributed by atoms with Gasteiger partial charge in [0.05, 0.1) is 12.5 Å². The third kappa shape index (κ3) is 4.15. The Kier molecular flexibility index (Phi) is 5.74. The van der Waals surface area contributed by atoms with Crippen molar-refractivity contribution in [3.8, 4) is 0 Å². The van der Waals surface area contributed by atoms with E-state index in [-0.39, 0.29) is 17.9 Å². The van der Waals surface area contributed by atoms with Crippen LogP contribution in [0.3, 0.4) is 0 Å². The van der Waals surface area contributed by atoms with E-state index < -0.39 is 18.7 Å². The SMILES string of the molecule is COCCOC1=NC2OC(O)CC(CC3CCCC3)C2C(O)N1. The van der Waals surface area contributed by atoms with Crippen molar-refractivity contribution in [2.45, 2.75) is 57.3 Å². The van der Waals surface area contributed by atoms with Crippen molar-refractivity contribution in [1.82, 2.24) is 5.32 Å². The molecule has 2 aliphatic heterocycles. The van der Waals surface area contributed by atoms with Crippen LogP contribution < -0.4 is 5.32 Å². The van der Waals surface area contributed by atoms with E-state index in [0.29, 0.717) is 25.6 Å². The van der Waals surface area contributed by atoms with Crippen molar-refractivity contribution in [1.29, 1.82) is 0 Å². The lowest BCUT2D eigenvalue weighted by molar-refractivity contribution is -0.220. The maximum Gasteiger partial charge on any atom is 0.289 e. The number of hydrogen-bond donors (Lipinski definition) is 3. The average molecular weight is 328 g/mol. The fourth-order valence-electron chi connectivity index (χ4n) is 4.09. The molecule has 0 spiro atoms. The Bertz CT molecular complexity index is 413. The molecule has 0 bridgehead atoms. The fraction of sp³-hybridized carbons (Fsp3) is 0.938. The van der Waals surface area contributed by atoms with Crippen molar-refractivity contribution >= 4 is 6.02 Å². The smallest absolute Gasteiger partial charge is 0.289 e. The number of ether oxygens (including phenoxy) is 3. The molecule has 7 heteroatoms. The average Bonchev–Trinajstić information content (AvgIpc) is 2.99. The minimum Gasteiger partial charge on any atom is -0.463 e. The maximum atomic E-state index is 10.5. The van der Waals surface area contributed by atoms with Crippen LogP contribution in [0.15, 0.2) is 4.99 Å². The Balaban J connectivity index is 1.66. The fourth-order valence-corrected chi connectivity index (χ4v) is 4.09. The monoisotopic (exact) mass is 328 g/mol. The van der Waals surface area contributed by atoms with E-state index in [1.54, 1.807) is 7.11 Å². The quantitative estimate of drug-likeness (QED) is 0.647. The molecule has 5 atom stereocenters. The van der Waals surface area contributed by atoms with Gasteiger partial charge in [0.15, 0.2) is 12.5 Å². The van der Waals surface area contributed by atoms with E-state index in [1.165, 1.54) is 25.7 Å². The summed E-state index contributed by atoms with van der Waals surface area (Å²) in [4.78, 5) is 4.39. The predicted molar refractivity (Wildman–Crippen MR) is 83.5 cm³/mol. The number of nitrogens with zero attached hydrogens (tertiary/aromatic N) is 1. The number of fused-ring (bicyclic) bond motifs is 1. The first kappa shape index (κ1) is 17.0. The molecule has 0 aromatic rings. The van der Waals surface area contributed by atoms with Gasteiger partial charge in [-0.1, -0.05) is 25.7 Å². The first-order chi connectivity index (χ1) is 11.2. The Morgan fingerprint density at radius 1 is 1.26 bits per heavy atom. The molecule has 3 rings (SSSR count). The molecule has 23 heavy (non-hydrogen) atoms. The Hall–Kier alpha value is -0.890. The number of aliphatic hydroxyl groups excluding tert-OH is 2. The number of aliphatic hydroxyl groups is 2. The summed E-state index contributed by atoms with van der Waals surface area (Å²) in [6.07, 6.45) is 4.53. The van der Waals surface area contributed by atoms with Crippen LogP contribution in [0.4, 0.5) is 0 Å². The van der Waals surface area contributed by atoms with Crippen molar-refractivity contribution in [2.75, 3.05) is 20.3 Å². The summed E-state index contributed by atoms with van der Waals surface area (Å²) in [6.45, 7) is 0.791. The van der Waals surface area contributed by atoms with E-state index in [9.17, 15) is 10.2 Å². The number of amidine groups is 1. The minimum atomic E-state index is -0.822. The molecule has 0 radical (unpaired) electrons. The van der Waals surface area contributed by atoms with Gasteiger partial charge >= 0.3 is 0 Å². The van der Waals surface area contributed by atoms with E-state index in [2.05, 4.69) is 10.3 Å². The third-order valence-corrected chi connectivity index (χ3v) is 5.19. The summed E-state index contributed by atoms with van der Waals surface area (Å²) in [7, 11) is 1.60. The zero-order chi connectivity index (χ0) is 16.2. The standard InChI is InChI=1S/C16H28N2O5/c1-21-6-7-22-16-17-14(20)13-11(8-10-4-2-3-5-10)9-12(19)23-15(13)18-16/h10-15,19-20H,2-9H2,1H3,(H,17,18). The molecular weight excluding hydrogens is 300 g/mol. The summed E-state index contributed by atoms with van der Waals surface area (Å²) >= 11 is 0. The summed E-state index contributed by atoms with van der Waals surface area (Å²) in [5.41, 5.74) is 0. The molecule has 0 aromatic heterocycles. The van der Waals surface area contributed by atoms with Gasteiger partial charge in [0.2, 0.25) is 0 Å². The molecule has 0 amide bonds. The summed E-state index contributed by atoms with van der Waals surface area (Å²) in [6, 6.07) is 0.254. The Morgan fingerprint density at radius 3 is 2.78 bits per heavy atom. The molecule has 0 aromatic carbocycles. The third-order valence-electron chi connectivity index (χ3n) is 5.19.